The van der Waals surface area contributed by atoms with E-state index in [0.29, 0.717) is 24.5 Å². The Bertz CT molecular complexity index is 377. The molecule has 0 saturated carbocycles. The predicted molar refractivity (Wildman–Crippen MR) is 66.6 cm³/mol. The number of benzene rings is 1. The summed E-state index contributed by atoms with van der Waals surface area (Å²) < 4.78 is 10.1. The van der Waals surface area contributed by atoms with Gasteiger partial charge in [0.2, 0.25) is 0 Å². The lowest BCUT2D eigenvalue weighted by atomic mass is 10.1. The average Bonchev–Trinajstić information content (AvgIpc) is 2.38. The molecule has 0 aromatic heterocycles. The summed E-state index contributed by atoms with van der Waals surface area (Å²) in [7, 11) is 3.16. The van der Waals surface area contributed by atoms with Crippen LogP contribution in [-0.2, 0) is 11.2 Å². The third kappa shape index (κ3) is 3.75. The van der Waals surface area contributed by atoms with Crippen LogP contribution in [0.5, 0.6) is 5.75 Å². The molecule has 1 N–H and O–H groups in total. The number of amides is 1. The zero-order chi connectivity index (χ0) is 12.7. The second-order valence-corrected chi connectivity index (χ2v) is 3.64. The van der Waals surface area contributed by atoms with Crippen molar-refractivity contribution in [2.45, 2.75) is 13.3 Å². The maximum absolute atomic E-state index is 11.9. The fourth-order valence-electron chi connectivity index (χ4n) is 1.51. The van der Waals surface area contributed by atoms with E-state index in [2.05, 4.69) is 12.2 Å². The number of aryl methyl sites for hydroxylation is 1. The standard InChI is InChI=1S/C13H19NO3/c1-4-10-5-6-12(17-3)11(9-10)13(15)14-7-8-16-2/h5-6,9H,4,7-8H2,1-3H3,(H,14,15). The molecule has 0 heterocycles. The van der Waals surface area contributed by atoms with Gasteiger partial charge in [0.15, 0.2) is 0 Å². The zero-order valence-electron chi connectivity index (χ0n) is 10.6. The van der Waals surface area contributed by atoms with Crippen LogP contribution < -0.4 is 10.1 Å². The van der Waals surface area contributed by atoms with Crippen LogP contribution in [0.2, 0.25) is 0 Å². The highest BCUT2D eigenvalue weighted by molar-refractivity contribution is 5.97. The fourth-order valence-corrected chi connectivity index (χ4v) is 1.51. The Balaban J connectivity index is 2.82. The van der Waals surface area contributed by atoms with Gasteiger partial charge in [0.25, 0.3) is 5.91 Å². The van der Waals surface area contributed by atoms with Gasteiger partial charge in [-0.25, -0.2) is 0 Å². The number of hydrogen-bond donors (Lipinski definition) is 1. The van der Waals surface area contributed by atoms with E-state index < -0.39 is 0 Å². The molecule has 1 amide bonds. The third-order valence-corrected chi connectivity index (χ3v) is 2.51. The Kier molecular flexibility index (Phi) is 5.49. The molecular formula is C13H19NO3. The third-order valence-electron chi connectivity index (χ3n) is 2.51. The van der Waals surface area contributed by atoms with Crippen LogP contribution in [0.1, 0.15) is 22.8 Å². The molecule has 0 aliphatic rings. The summed E-state index contributed by atoms with van der Waals surface area (Å²) in [4.78, 5) is 11.9. The highest BCUT2D eigenvalue weighted by Crippen LogP contribution is 2.20. The van der Waals surface area contributed by atoms with Gasteiger partial charge in [-0.15, -0.1) is 0 Å². The second kappa shape index (κ2) is 6.91. The summed E-state index contributed by atoms with van der Waals surface area (Å²) in [5.41, 5.74) is 1.69. The van der Waals surface area contributed by atoms with Crippen molar-refractivity contribution >= 4 is 5.91 Å². The predicted octanol–water partition coefficient (Wildman–Crippen LogP) is 1.63. The second-order valence-electron chi connectivity index (χ2n) is 3.64. The maximum atomic E-state index is 11.9. The van der Waals surface area contributed by atoms with Gasteiger partial charge in [-0.3, -0.25) is 4.79 Å². The van der Waals surface area contributed by atoms with Crippen molar-refractivity contribution in [3.63, 3.8) is 0 Å². The first kappa shape index (κ1) is 13.5. The minimum absolute atomic E-state index is 0.130. The molecule has 4 heteroatoms. The van der Waals surface area contributed by atoms with Crippen molar-refractivity contribution in [3.8, 4) is 5.75 Å². The van der Waals surface area contributed by atoms with Crippen molar-refractivity contribution in [1.29, 1.82) is 0 Å². The lowest BCUT2D eigenvalue weighted by Gasteiger charge is -2.10. The summed E-state index contributed by atoms with van der Waals surface area (Å²) in [6.45, 7) is 3.05. The normalized spacial score (nSPS) is 10.1. The van der Waals surface area contributed by atoms with Gasteiger partial charge in [0.1, 0.15) is 5.75 Å². The topological polar surface area (TPSA) is 47.6 Å². The maximum Gasteiger partial charge on any atom is 0.255 e. The van der Waals surface area contributed by atoms with E-state index in [1.807, 2.05) is 18.2 Å². The quantitative estimate of drug-likeness (QED) is 0.765. The minimum Gasteiger partial charge on any atom is -0.496 e. The Morgan fingerprint density at radius 1 is 1.35 bits per heavy atom. The van der Waals surface area contributed by atoms with Crippen molar-refractivity contribution < 1.29 is 14.3 Å². The number of ether oxygens (including phenoxy) is 2. The zero-order valence-corrected chi connectivity index (χ0v) is 10.6. The molecule has 0 radical (unpaired) electrons. The number of carbonyl (C=O) groups excluding carboxylic acids is 1. The molecule has 0 spiro atoms. The van der Waals surface area contributed by atoms with E-state index in [1.54, 1.807) is 14.2 Å². The van der Waals surface area contributed by atoms with Gasteiger partial charge in [0, 0.05) is 13.7 Å². The van der Waals surface area contributed by atoms with Crippen LogP contribution in [0.15, 0.2) is 18.2 Å². The SMILES string of the molecule is CCc1ccc(OC)c(C(=O)NCCOC)c1. The monoisotopic (exact) mass is 237 g/mol. The van der Waals surface area contributed by atoms with E-state index in [9.17, 15) is 4.79 Å². The van der Waals surface area contributed by atoms with Gasteiger partial charge < -0.3 is 14.8 Å². The van der Waals surface area contributed by atoms with Crippen LogP contribution in [-0.4, -0.2) is 33.3 Å². The summed E-state index contributed by atoms with van der Waals surface area (Å²) in [5, 5.41) is 2.78. The molecule has 0 fully saturated rings. The Morgan fingerprint density at radius 2 is 2.12 bits per heavy atom. The lowest BCUT2D eigenvalue weighted by Crippen LogP contribution is -2.27. The number of methoxy groups -OCH3 is 2. The summed E-state index contributed by atoms with van der Waals surface area (Å²) in [5.74, 6) is 0.464. The molecule has 0 atom stereocenters. The molecule has 1 aromatic rings. The number of nitrogens with one attached hydrogen (secondary N) is 1. The Morgan fingerprint density at radius 3 is 2.71 bits per heavy atom. The molecule has 0 aliphatic heterocycles. The molecule has 1 aromatic carbocycles. The van der Waals surface area contributed by atoms with E-state index in [1.165, 1.54) is 0 Å². The largest absolute Gasteiger partial charge is 0.496 e. The minimum atomic E-state index is -0.130. The molecule has 1 rings (SSSR count). The van der Waals surface area contributed by atoms with Crippen LogP contribution >= 0.6 is 0 Å². The first-order valence-corrected chi connectivity index (χ1v) is 5.67. The molecule has 94 valence electrons. The van der Waals surface area contributed by atoms with Crippen LogP contribution in [0.4, 0.5) is 0 Å². The van der Waals surface area contributed by atoms with E-state index in [-0.39, 0.29) is 5.91 Å². The fraction of sp³-hybridized carbons (Fsp3) is 0.462. The molecule has 0 saturated heterocycles. The van der Waals surface area contributed by atoms with Crippen molar-refractivity contribution in [2.24, 2.45) is 0 Å². The molecule has 0 bridgehead atoms. The van der Waals surface area contributed by atoms with Gasteiger partial charge >= 0.3 is 0 Å². The molecular weight excluding hydrogens is 218 g/mol. The van der Waals surface area contributed by atoms with Crippen molar-refractivity contribution in [1.82, 2.24) is 5.32 Å². The van der Waals surface area contributed by atoms with Gasteiger partial charge in [-0.05, 0) is 24.1 Å². The number of carbonyl (C=O) groups is 1. The van der Waals surface area contributed by atoms with Crippen molar-refractivity contribution in [3.05, 3.63) is 29.3 Å². The number of rotatable bonds is 6. The van der Waals surface area contributed by atoms with Gasteiger partial charge in [0.05, 0.1) is 19.3 Å². The number of hydrogen-bond acceptors (Lipinski definition) is 3. The van der Waals surface area contributed by atoms with Crippen LogP contribution in [0, 0.1) is 0 Å². The van der Waals surface area contributed by atoms with Gasteiger partial charge in [-0.2, -0.15) is 0 Å². The van der Waals surface area contributed by atoms with E-state index in [4.69, 9.17) is 9.47 Å². The molecule has 4 nitrogen and oxygen atoms in total. The van der Waals surface area contributed by atoms with Gasteiger partial charge in [-0.1, -0.05) is 13.0 Å². The van der Waals surface area contributed by atoms with E-state index >= 15 is 0 Å². The Labute approximate surface area is 102 Å². The Hall–Kier alpha value is -1.55. The van der Waals surface area contributed by atoms with E-state index in [0.717, 1.165) is 12.0 Å². The average molecular weight is 237 g/mol. The summed E-state index contributed by atoms with van der Waals surface area (Å²) >= 11 is 0. The van der Waals surface area contributed by atoms with Crippen LogP contribution in [0.25, 0.3) is 0 Å². The summed E-state index contributed by atoms with van der Waals surface area (Å²) in [6.07, 6.45) is 0.891. The van der Waals surface area contributed by atoms with Crippen LogP contribution in [0.3, 0.4) is 0 Å². The highest BCUT2D eigenvalue weighted by atomic mass is 16.5. The molecule has 0 unspecified atom stereocenters. The molecule has 17 heavy (non-hydrogen) atoms. The smallest absolute Gasteiger partial charge is 0.255 e. The molecule has 0 aliphatic carbocycles. The summed E-state index contributed by atoms with van der Waals surface area (Å²) in [6, 6.07) is 5.65. The lowest BCUT2D eigenvalue weighted by molar-refractivity contribution is 0.0934. The highest BCUT2D eigenvalue weighted by Gasteiger charge is 2.12. The first-order valence-electron chi connectivity index (χ1n) is 5.67. The van der Waals surface area contributed by atoms with Crippen molar-refractivity contribution in [2.75, 3.05) is 27.4 Å². The first-order chi connectivity index (χ1) is 8.22.